The summed E-state index contributed by atoms with van der Waals surface area (Å²) in [5.74, 6) is 0. The largest absolute Gasteiger partial charge is 0.0988 e. The smallest absolute Gasteiger partial charge is 0.0276 e. The molecule has 0 saturated heterocycles. The molecule has 0 heterocycles. The minimum atomic E-state index is 1.05. The van der Waals surface area contributed by atoms with Gasteiger partial charge in [-0.1, -0.05) is 55.1 Å². The van der Waals surface area contributed by atoms with E-state index < -0.39 is 0 Å². The maximum atomic E-state index is 3.89. The Morgan fingerprint density at radius 3 is 2.54 bits per heavy atom. The van der Waals surface area contributed by atoms with E-state index >= 15 is 0 Å². The lowest BCUT2D eigenvalue weighted by Crippen LogP contribution is -1.85. The second-order valence-corrected chi connectivity index (χ2v) is 3.20. The molecule has 1 aromatic carbocycles. The average Bonchev–Trinajstić information content (AvgIpc) is 2.19. The number of allylic oxidation sites excluding steroid dienone is 2. The van der Waals surface area contributed by atoms with Gasteiger partial charge in [0, 0.05) is 0 Å². The number of hydrogen-bond acceptors (Lipinski definition) is 0. The van der Waals surface area contributed by atoms with Crippen molar-refractivity contribution in [2.75, 3.05) is 0 Å². The van der Waals surface area contributed by atoms with E-state index in [2.05, 4.69) is 37.4 Å². The topological polar surface area (TPSA) is 0 Å². The Balaban J connectivity index is 2.28. The fourth-order valence-electron chi connectivity index (χ4n) is 1.27. The van der Waals surface area contributed by atoms with Crippen LogP contribution < -0.4 is 0 Å². The van der Waals surface area contributed by atoms with Crippen LogP contribution in [-0.2, 0) is 6.42 Å². The molecule has 0 N–H and O–H groups in total. The van der Waals surface area contributed by atoms with Crippen LogP contribution in [0.25, 0.3) is 0 Å². The van der Waals surface area contributed by atoms with Gasteiger partial charge in [-0.25, -0.2) is 0 Å². The molecule has 1 rings (SSSR count). The summed E-state index contributed by atoms with van der Waals surface area (Å²) >= 11 is 0. The zero-order valence-corrected chi connectivity index (χ0v) is 8.00. The molecule has 68 valence electrons. The summed E-state index contributed by atoms with van der Waals surface area (Å²) < 4.78 is 0. The highest BCUT2D eigenvalue weighted by atomic mass is 14.0. The standard InChI is InChI=1S/C13H16/c1-3-12(2)8-7-11-13-9-5-4-6-10-13/h3-6,9-10H,1-2,7-8,11H2. The molecule has 0 aliphatic carbocycles. The molecule has 0 spiro atoms. The van der Waals surface area contributed by atoms with E-state index in [1.165, 1.54) is 5.56 Å². The summed E-state index contributed by atoms with van der Waals surface area (Å²) in [4.78, 5) is 0. The van der Waals surface area contributed by atoms with Crippen LogP contribution in [-0.4, -0.2) is 0 Å². The SMILES string of the molecule is C=CC(=C)CCCc1ccccc1. The Labute approximate surface area is 80.6 Å². The Kier molecular flexibility index (Phi) is 4.04. The van der Waals surface area contributed by atoms with Gasteiger partial charge >= 0.3 is 0 Å². The lowest BCUT2D eigenvalue weighted by atomic mass is 10.1. The first-order valence-electron chi connectivity index (χ1n) is 4.67. The summed E-state index contributed by atoms with van der Waals surface area (Å²) in [6.07, 6.45) is 5.19. The maximum Gasteiger partial charge on any atom is -0.0276 e. The van der Waals surface area contributed by atoms with Crippen LogP contribution in [0.2, 0.25) is 0 Å². The van der Waals surface area contributed by atoms with Crippen molar-refractivity contribution in [1.29, 1.82) is 0 Å². The lowest BCUT2D eigenvalue weighted by Gasteiger charge is -2.00. The van der Waals surface area contributed by atoms with E-state index in [4.69, 9.17) is 0 Å². The van der Waals surface area contributed by atoms with Crippen LogP contribution in [0.1, 0.15) is 18.4 Å². The van der Waals surface area contributed by atoms with Crippen LogP contribution in [0.5, 0.6) is 0 Å². The Hall–Kier alpha value is -1.30. The number of benzene rings is 1. The van der Waals surface area contributed by atoms with Crippen LogP contribution in [0.4, 0.5) is 0 Å². The molecule has 0 fully saturated rings. The molecule has 1 aromatic rings. The highest BCUT2D eigenvalue weighted by Crippen LogP contribution is 2.08. The van der Waals surface area contributed by atoms with Crippen LogP contribution in [0.15, 0.2) is 55.1 Å². The van der Waals surface area contributed by atoms with Crippen molar-refractivity contribution in [2.45, 2.75) is 19.3 Å². The van der Waals surface area contributed by atoms with Crippen molar-refractivity contribution in [2.24, 2.45) is 0 Å². The van der Waals surface area contributed by atoms with Gasteiger partial charge in [-0.15, -0.1) is 0 Å². The lowest BCUT2D eigenvalue weighted by molar-refractivity contribution is 0.826. The summed E-state index contributed by atoms with van der Waals surface area (Å²) in [6.45, 7) is 7.57. The first-order chi connectivity index (χ1) is 6.33. The minimum Gasteiger partial charge on any atom is -0.0988 e. The van der Waals surface area contributed by atoms with Crippen molar-refractivity contribution in [1.82, 2.24) is 0 Å². The normalized spacial score (nSPS) is 9.54. The second-order valence-electron chi connectivity index (χ2n) is 3.20. The molecule has 0 amide bonds. The van der Waals surface area contributed by atoms with E-state index in [-0.39, 0.29) is 0 Å². The van der Waals surface area contributed by atoms with Crippen LogP contribution in [0.3, 0.4) is 0 Å². The maximum absolute atomic E-state index is 3.89. The molecular formula is C13H16. The average molecular weight is 172 g/mol. The summed E-state index contributed by atoms with van der Waals surface area (Å²) in [5, 5.41) is 0. The molecule has 0 nitrogen and oxygen atoms in total. The fourth-order valence-corrected chi connectivity index (χ4v) is 1.27. The third-order valence-electron chi connectivity index (χ3n) is 2.09. The second kappa shape index (κ2) is 5.36. The zero-order chi connectivity index (χ0) is 9.52. The number of hydrogen-bond donors (Lipinski definition) is 0. The van der Waals surface area contributed by atoms with E-state index in [0.29, 0.717) is 0 Å². The third kappa shape index (κ3) is 3.75. The van der Waals surface area contributed by atoms with Crippen molar-refractivity contribution < 1.29 is 0 Å². The Morgan fingerprint density at radius 2 is 1.92 bits per heavy atom. The van der Waals surface area contributed by atoms with Gasteiger partial charge in [0.05, 0.1) is 0 Å². The Bertz CT molecular complexity index is 269. The van der Waals surface area contributed by atoms with Crippen LogP contribution in [0, 0.1) is 0 Å². The quantitative estimate of drug-likeness (QED) is 0.593. The molecule has 0 heteroatoms. The van der Waals surface area contributed by atoms with E-state index in [9.17, 15) is 0 Å². The van der Waals surface area contributed by atoms with E-state index in [1.54, 1.807) is 0 Å². The fraction of sp³-hybridized carbons (Fsp3) is 0.231. The molecule has 0 atom stereocenters. The van der Waals surface area contributed by atoms with Crippen molar-refractivity contribution >= 4 is 0 Å². The molecule has 0 aliphatic rings. The predicted octanol–water partition coefficient (Wildman–Crippen LogP) is 3.75. The van der Waals surface area contributed by atoms with Gasteiger partial charge in [0.1, 0.15) is 0 Å². The molecular weight excluding hydrogens is 156 g/mol. The van der Waals surface area contributed by atoms with Crippen LogP contribution >= 0.6 is 0 Å². The number of rotatable bonds is 5. The molecule has 0 radical (unpaired) electrons. The zero-order valence-electron chi connectivity index (χ0n) is 8.00. The highest BCUT2D eigenvalue weighted by molar-refractivity contribution is 5.16. The van der Waals surface area contributed by atoms with Crippen molar-refractivity contribution in [3.8, 4) is 0 Å². The first-order valence-corrected chi connectivity index (χ1v) is 4.67. The molecule has 0 aliphatic heterocycles. The van der Waals surface area contributed by atoms with E-state index in [1.807, 2.05) is 12.1 Å². The van der Waals surface area contributed by atoms with Gasteiger partial charge in [0.15, 0.2) is 0 Å². The molecule has 13 heavy (non-hydrogen) atoms. The van der Waals surface area contributed by atoms with Crippen molar-refractivity contribution in [3.63, 3.8) is 0 Å². The van der Waals surface area contributed by atoms with E-state index in [0.717, 1.165) is 24.8 Å². The van der Waals surface area contributed by atoms with Gasteiger partial charge < -0.3 is 0 Å². The minimum absolute atomic E-state index is 1.05. The summed E-state index contributed by atoms with van der Waals surface area (Å²) in [5.41, 5.74) is 2.54. The number of aryl methyl sites for hydroxylation is 1. The molecule has 0 unspecified atom stereocenters. The highest BCUT2D eigenvalue weighted by Gasteiger charge is 1.92. The van der Waals surface area contributed by atoms with Gasteiger partial charge in [-0.2, -0.15) is 0 Å². The predicted molar refractivity (Wildman–Crippen MR) is 58.7 cm³/mol. The van der Waals surface area contributed by atoms with Crippen molar-refractivity contribution in [3.05, 3.63) is 60.7 Å². The van der Waals surface area contributed by atoms with Gasteiger partial charge in [0.2, 0.25) is 0 Å². The van der Waals surface area contributed by atoms with Gasteiger partial charge in [-0.05, 0) is 24.8 Å². The summed E-state index contributed by atoms with van der Waals surface area (Å²) in [6, 6.07) is 10.5. The first kappa shape index (κ1) is 9.79. The monoisotopic (exact) mass is 172 g/mol. The van der Waals surface area contributed by atoms with Gasteiger partial charge in [-0.3, -0.25) is 0 Å². The van der Waals surface area contributed by atoms with Gasteiger partial charge in [0.25, 0.3) is 0 Å². The molecule has 0 aromatic heterocycles. The third-order valence-corrected chi connectivity index (χ3v) is 2.09. The Morgan fingerprint density at radius 1 is 1.23 bits per heavy atom. The molecule has 0 saturated carbocycles. The molecule has 0 bridgehead atoms. The summed E-state index contributed by atoms with van der Waals surface area (Å²) in [7, 11) is 0.